The van der Waals surface area contributed by atoms with Gasteiger partial charge in [-0.2, -0.15) is 0 Å². The van der Waals surface area contributed by atoms with E-state index in [1.807, 2.05) is 60.0 Å². The van der Waals surface area contributed by atoms with E-state index in [9.17, 15) is 9.18 Å². The number of carbonyl (C=O) groups excluding carboxylic acids is 1. The monoisotopic (exact) mass is 535 g/mol. The first-order valence-corrected chi connectivity index (χ1v) is 13.1. The maximum atomic E-state index is 13.9. The van der Waals surface area contributed by atoms with Crippen molar-refractivity contribution in [2.45, 2.75) is 17.8 Å². The summed E-state index contributed by atoms with van der Waals surface area (Å²) in [6, 6.07) is 21.6. The van der Waals surface area contributed by atoms with Crippen LogP contribution in [-0.4, -0.2) is 25.7 Å². The number of thioether (sulfide) groups is 1. The summed E-state index contributed by atoms with van der Waals surface area (Å²) in [5, 5.41) is 15.1. The first kappa shape index (κ1) is 24.2. The Morgan fingerprint density at radius 1 is 1.06 bits per heavy atom. The van der Waals surface area contributed by atoms with Crippen molar-refractivity contribution in [1.29, 1.82) is 0 Å². The van der Waals surface area contributed by atoms with Gasteiger partial charge < -0.3 is 5.32 Å². The number of halogens is 2. The average Bonchev–Trinajstić information content (AvgIpc) is 3.52. The van der Waals surface area contributed by atoms with E-state index in [0.717, 1.165) is 21.8 Å². The number of nitrogens with zero attached hydrogens (tertiary/aromatic N) is 4. The molecule has 0 spiro atoms. The van der Waals surface area contributed by atoms with E-state index >= 15 is 0 Å². The highest BCUT2D eigenvalue weighted by molar-refractivity contribution is 7.98. The number of hydrogen-bond donors (Lipinski definition) is 1. The fourth-order valence-corrected chi connectivity index (χ4v) is 5.43. The van der Waals surface area contributed by atoms with Crippen molar-refractivity contribution in [1.82, 2.24) is 19.7 Å². The third kappa shape index (κ3) is 5.18. The number of aromatic nitrogens is 4. The van der Waals surface area contributed by atoms with E-state index in [1.54, 1.807) is 17.5 Å². The van der Waals surface area contributed by atoms with Crippen LogP contribution in [0, 0.1) is 12.7 Å². The Bertz CT molecular complexity index is 1530. The fraction of sp³-hybridized carbons (Fsp3) is 0.0769. The molecule has 0 unspecified atom stereocenters. The minimum atomic E-state index is -0.498. The fourth-order valence-electron chi connectivity index (χ4n) is 3.46. The zero-order valence-corrected chi connectivity index (χ0v) is 21.4. The number of amides is 1. The van der Waals surface area contributed by atoms with E-state index in [2.05, 4.69) is 20.5 Å². The van der Waals surface area contributed by atoms with Gasteiger partial charge in [-0.3, -0.25) is 9.36 Å². The quantitative estimate of drug-likeness (QED) is 0.226. The topological polar surface area (TPSA) is 72.7 Å². The zero-order valence-electron chi connectivity index (χ0n) is 19.0. The first-order chi connectivity index (χ1) is 17.5. The molecule has 180 valence electrons. The Morgan fingerprint density at radius 3 is 2.58 bits per heavy atom. The van der Waals surface area contributed by atoms with Gasteiger partial charge in [0.05, 0.1) is 16.5 Å². The Labute approximate surface area is 220 Å². The maximum absolute atomic E-state index is 13.9. The van der Waals surface area contributed by atoms with Gasteiger partial charge in [-0.15, -0.1) is 21.5 Å². The number of hydrogen-bond acceptors (Lipinski definition) is 6. The molecule has 10 heteroatoms. The predicted octanol–water partition coefficient (Wildman–Crippen LogP) is 7.04. The highest BCUT2D eigenvalue weighted by Crippen LogP contribution is 2.33. The SMILES string of the molecule is Cc1ccc(-n2c(SCc3nc(C(=O)Nc4ccccc4F)cs3)nnc2-c2ccccc2Cl)cc1. The van der Waals surface area contributed by atoms with Crippen LogP contribution in [0.25, 0.3) is 17.1 Å². The molecule has 0 aliphatic rings. The minimum absolute atomic E-state index is 0.115. The lowest BCUT2D eigenvalue weighted by Crippen LogP contribution is -2.13. The van der Waals surface area contributed by atoms with Crippen LogP contribution in [0.5, 0.6) is 0 Å². The highest BCUT2D eigenvalue weighted by atomic mass is 35.5. The molecule has 0 saturated heterocycles. The second-order valence-electron chi connectivity index (χ2n) is 7.81. The summed E-state index contributed by atoms with van der Waals surface area (Å²) >= 11 is 9.28. The average molecular weight is 536 g/mol. The van der Waals surface area contributed by atoms with Gasteiger partial charge in [-0.1, -0.05) is 65.3 Å². The van der Waals surface area contributed by atoms with Gasteiger partial charge in [0, 0.05) is 16.6 Å². The molecule has 0 aliphatic heterocycles. The van der Waals surface area contributed by atoms with Crippen molar-refractivity contribution in [3.8, 4) is 17.1 Å². The van der Waals surface area contributed by atoms with Crippen molar-refractivity contribution in [3.63, 3.8) is 0 Å². The second kappa shape index (κ2) is 10.6. The minimum Gasteiger partial charge on any atom is -0.318 e. The van der Waals surface area contributed by atoms with Crippen LogP contribution in [0.4, 0.5) is 10.1 Å². The maximum Gasteiger partial charge on any atom is 0.275 e. The van der Waals surface area contributed by atoms with E-state index in [0.29, 0.717) is 21.8 Å². The van der Waals surface area contributed by atoms with Crippen LogP contribution in [0.15, 0.2) is 83.3 Å². The van der Waals surface area contributed by atoms with Crippen molar-refractivity contribution in [3.05, 3.63) is 105 Å². The normalized spacial score (nSPS) is 11.0. The molecule has 5 aromatic rings. The van der Waals surface area contributed by atoms with Gasteiger partial charge in [0.25, 0.3) is 5.91 Å². The lowest BCUT2D eigenvalue weighted by molar-refractivity contribution is 0.102. The molecule has 0 fully saturated rings. The summed E-state index contributed by atoms with van der Waals surface area (Å²) in [7, 11) is 0. The second-order valence-corrected chi connectivity index (χ2v) is 10.1. The molecule has 2 heterocycles. The first-order valence-electron chi connectivity index (χ1n) is 10.9. The highest BCUT2D eigenvalue weighted by Gasteiger charge is 2.19. The lowest BCUT2D eigenvalue weighted by Gasteiger charge is -2.11. The number of rotatable bonds is 7. The Morgan fingerprint density at radius 2 is 1.81 bits per heavy atom. The number of carbonyl (C=O) groups is 1. The van der Waals surface area contributed by atoms with E-state index in [4.69, 9.17) is 11.6 Å². The van der Waals surface area contributed by atoms with Crippen LogP contribution in [0.3, 0.4) is 0 Å². The number of aryl methyl sites for hydroxylation is 1. The van der Waals surface area contributed by atoms with Crippen molar-refractivity contribution < 1.29 is 9.18 Å². The summed E-state index contributed by atoms with van der Waals surface area (Å²) in [6.45, 7) is 2.03. The summed E-state index contributed by atoms with van der Waals surface area (Å²) < 4.78 is 15.8. The van der Waals surface area contributed by atoms with Crippen molar-refractivity contribution >= 4 is 46.3 Å². The molecule has 5 rings (SSSR count). The van der Waals surface area contributed by atoms with Gasteiger partial charge in [-0.05, 0) is 43.3 Å². The van der Waals surface area contributed by atoms with Crippen molar-refractivity contribution in [2.75, 3.05) is 5.32 Å². The third-order valence-corrected chi connectivity index (χ3v) is 7.57. The Balaban J connectivity index is 1.38. The molecular weight excluding hydrogens is 517 g/mol. The molecule has 0 bridgehead atoms. The smallest absolute Gasteiger partial charge is 0.275 e. The molecular formula is C26H19ClFN5OS2. The third-order valence-electron chi connectivity index (χ3n) is 5.27. The number of anilines is 1. The van der Waals surface area contributed by atoms with E-state index in [-0.39, 0.29) is 11.4 Å². The molecule has 0 atom stereocenters. The zero-order chi connectivity index (χ0) is 25.1. The number of nitrogens with one attached hydrogen (secondary N) is 1. The van der Waals surface area contributed by atoms with E-state index in [1.165, 1.54) is 35.2 Å². The summed E-state index contributed by atoms with van der Waals surface area (Å²) in [5.74, 6) is 0.151. The molecule has 2 aromatic heterocycles. The summed E-state index contributed by atoms with van der Waals surface area (Å²) in [4.78, 5) is 17.0. The number of thiazole rings is 1. The van der Waals surface area contributed by atoms with Crippen LogP contribution in [-0.2, 0) is 5.75 Å². The van der Waals surface area contributed by atoms with Gasteiger partial charge in [-0.25, -0.2) is 9.37 Å². The predicted molar refractivity (Wildman–Crippen MR) is 143 cm³/mol. The molecule has 0 aliphatic carbocycles. The molecule has 0 radical (unpaired) electrons. The van der Waals surface area contributed by atoms with Gasteiger partial charge in [0.1, 0.15) is 16.5 Å². The van der Waals surface area contributed by atoms with Gasteiger partial charge in [0.15, 0.2) is 11.0 Å². The number of benzene rings is 3. The number of para-hydroxylation sites is 1. The van der Waals surface area contributed by atoms with Crippen LogP contribution in [0.2, 0.25) is 5.02 Å². The molecule has 0 saturated carbocycles. The standard InChI is InChI=1S/C26H19ClFN5OS2/c1-16-10-12-17(13-11-16)33-24(18-6-2-3-7-19(18)27)31-32-26(33)36-15-23-29-22(14-35-23)25(34)30-21-9-5-4-8-20(21)28/h2-14H,15H2,1H3,(H,30,34). The Kier molecular flexibility index (Phi) is 7.13. The molecule has 1 amide bonds. The Hall–Kier alpha value is -3.53. The largest absolute Gasteiger partial charge is 0.318 e. The molecule has 1 N–H and O–H groups in total. The molecule has 6 nitrogen and oxygen atoms in total. The van der Waals surface area contributed by atoms with Crippen molar-refractivity contribution in [2.24, 2.45) is 0 Å². The summed E-state index contributed by atoms with van der Waals surface area (Å²) in [5.41, 5.74) is 3.18. The molecule has 3 aromatic carbocycles. The van der Waals surface area contributed by atoms with Gasteiger partial charge >= 0.3 is 0 Å². The van der Waals surface area contributed by atoms with Gasteiger partial charge in [0.2, 0.25) is 0 Å². The molecule has 36 heavy (non-hydrogen) atoms. The van der Waals surface area contributed by atoms with E-state index < -0.39 is 11.7 Å². The lowest BCUT2D eigenvalue weighted by atomic mass is 10.2. The van der Waals surface area contributed by atoms with Crippen LogP contribution < -0.4 is 5.32 Å². The summed E-state index contributed by atoms with van der Waals surface area (Å²) in [6.07, 6.45) is 0. The van der Waals surface area contributed by atoms with Crippen LogP contribution in [0.1, 0.15) is 21.1 Å². The van der Waals surface area contributed by atoms with Crippen LogP contribution >= 0.6 is 34.7 Å².